The minimum atomic E-state index is -2.98. The molecule has 0 spiro atoms. The monoisotopic (exact) mass is 562 g/mol. The van der Waals surface area contributed by atoms with Crippen LogP contribution in [0.1, 0.15) is 27.0 Å². The largest absolute Gasteiger partial charge is 0.391 e. The molecule has 3 amide bonds. The van der Waals surface area contributed by atoms with Gasteiger partial charge in [-0.05, 0) is 29.3 Å². The third-order valence-electron chi connectivity index (χ3n) is 8.63. The number of aliphatic hydroxyl groups is 3. The summed E-state index contributed by atoms with van der Waals surface area (Å²) < 4.78 is 20.6. The van der Waals surface area contributed by atoms with E-state index in [-0.39, 0.29) is 12.1 Å². The van der Waals surface area contributed by atoms with E-state index in [0.717, 1.165) is 39.2 Å². The van der Waals surface area contributed by atoms with Crippen molar-refractivity contribution in [2.24, 2.45) is 0 Å². The Morgan fingerprint density at radius 2 is 1.73 bits per heavy atom. The number of hydrogen-bond donors (Lipinski definition) is 5. The molecule has 0 aromatic heterocycles. The van der Waals surface area contributed by atoms with Crippen LogP contribution in [0.25, 0.3) is 0 Å². The zero-order valence-electron chi connectivity index (χ0n) is 23.5. The highest BCUT2D eigenvalue weighted by Crippen LogP contribution is 2.42. The molecule has 2 fully saturated rings. The number of ether oxygens (including phenoxy) is 1. The predicted octanol–water partition coefficient (Wildman–Crippen LogP) is -4.91. The zero-order valence-corrected chi connectivity index (χ0v) is 23.5. The standard InChI is InChI=1S/C25H31B4FN4O7/c26-22(38)20(36)31-21(37)23(39,25(22,29)40)34-12-15-14(19(34)35)2-1-3-18(15)32-24(27,28)16-10-13(4-5-17(16)30)11-33-6-8-41-9-7-33/h1-5,10,32,38-40H,6-9,11-12,26-29H2,(H,31,36,37). The Balaban J connectivity index is 1.45. The maximum absolute atomic E-state index is 15.2. The number of rotatable bonds is 6. The average molecular weight is 562 g/mol. The Labute approximate surface area is 240 Å². The van der Waals surface area contributed by atoms with Crippen molar-refractivity contribution in [1.82, 2.24) is 15.1 Å². The lowest BCUT2D eigenvalue weighted by Gasteiger charge is -2.53. The summed E-state index contributed by atoms with van der Waals surface area (Å²) in [6, 6.07) is 9.79. The Hall–Kier alpha value is -3.16. The van der Waals surface area contributed by atoms with E-state index < -0.39 is 45.6 Å². The fourth-order valence-electron chi connectivity index (χ4n) is 5.76. The third-order valence-corrected chi connectivity index (χ3v) is 8.63. The molecule has 2 saturated heterocycles. The minimum Gasteiger partial charge on any atom is -0.391 e. The number of carbonyl (C=O) groups excluding carboxylic acids is 3. The molecule has 5 rings (SSSR count). The van der Waals surface area contributed by atoms with Gasteiger partial charge in [0.15, 0.2) is 15.7 Å². The first kappa shape index (κ1) is 29.3. The van der Waals surface area contributed by atoms with Gasteiger partial charge in [0.2, 0.25) is 5.72 Å². The molecule has 212 valence electrons. The number of morpholine rings is 1. The fourth-order valence-corrected chi connectivity index (χ4v) is 5.76. The highest BCUT2D eigenvalue weighted by atomic mass is 19.1. The Morgan fingerprint density at radius 3 is 2.41 bits per heavy atom. The first-order valence-electron chi connectivity index (χ1n) is 13.5. The highest BCUT2D eigenvalue weighted by Gasteiger charge is 2.71. The van der Waals surface area contributed by atoms with Crippen LogP contribution in [-0.4, -0.2) is 117 Å². The van der Waals surface area contributed by atoms with Crippen LogP contribution in [0.5, 0.6) is 0 Å². The van der Waals surface area contributed by atoms with E-state index in [1.54, 1.807) is 33.9 Å². The molecule has 0 radical (unpaired) electrons. The van der Waals surface area contributed by atoms with Gasteiger partial charge in [-0.2, -0.15) is 0 Å². The summed E-state index contributed by atoms with van der Waals surface area (Å²) in [6.07, 6.45) is 0. The first-order chi connectivity index (χ1) is 19.1. The maximum Gasteiger partial charge on any atom is 0.282 e. The number of anilines is 1. The van der Waals surface area contributed by atoms with E-state index in [1.165, 1.54) is 12.1 Å². The Bertz CT molecular complexity index is 1440. The van der Waals surface area contributed by atoms with Gasteiger partial charge in [0.05, 0.1) is 19.8 Å². The summed E-state index contributed by atoms with van der Waals surface area (Å²) in [5.74, 6) is -3.74. The molecule has 3 aliphatic rings. The molecule has 3 unspecified atom stereocenters. The van der Waals surface area contributed by atoms with Crippen LogP contribution in [0.2, 0.25) is 0 Å². The van der Waals surface area contributed by atoms with Crippen molar-refractivity contribution in [3.05, 3.63) is 64.5 Å². The molecule has 5 N–H and O–H groups in total. The second-order valence-electron chi connectivity index (χ2n) is 11.8. The number of hydrogen-bond acceptors (Lipinski definition) is 9. The van der Waals surface area contributed by atoms with Crippen molar-refractivity contribution in [2.45, 2.75) is 35.2 Å². The lowest BCUT2D eigenvalue weighted by atomic mass is 9.51. The molecule has 41 heavy (non-hydrogen) atoms. The topological polar surface area (TPSA) is 152 Å². The number of amides is 3. The van der Waals surface area contributed by atoms with Crippen LogP contribution in [0.15, 0.2) is 36.4 Å². The van der Waals surface area contributed by atoms with Crippen molar-refractivity contribution in [3.8, 4) is 0 Å². The van der Waals surface area contributed by atoms with Gasteiger partial charge in [0.25, 0.3) is 17.7 Å². The Kier molecular flexibility index (Phi) is 7.14. The number of benzene rings is 2. The van der Waals surface area contributed by atoms with Gasteiger partial charge in [-0.1, -0.05) is 18.2 Å². The van der Waals surface area contributed by atoms with Crippen LogP contribution < -0.4 is 10.6 Å². The van der Waals surface area contributed by atoms with Gasteiger partial charge in [-0.3, -0.25) is 29.5 Å². The predicted molar refractivity (Wildman–Crippen MR) is 156 cm³/mol. The highest BCUT2D eigenvalue weighted by molar-refractivity contribution is 6.41. The molecular formula is C25H31B4FN4O7. The third kappa shape index (κ3) is 4.58. The number of nitrogens with zero attached hydrogens (tertiary/aromatic N) is 2. The van der Waals surface area contributed by atoms with E-state index in [0.29, 0.717) is 36.6 Å². The van der Waals surface area contributed by atoms with Crippen molar-refractivity contribution in [1.29, 1.82) is 0 Å². The molecule has 2 aromatic carbocycles. The van der Waals surface area contributed by atoms with Gasteiger partial charge in [0.1, 0.15) is 32.5 Å². The van der Waals surface area contributed by atoms with Gasteiger partial charge < -0.3 is 25.4 Å². The molecule has 2 aromatic rings. The SMILES string of the molecule is BC(B)(Nc1cccc2c1CN(C1(O)C(=O)NC(=O)C(B)(O)C1(B)O)C2=O)c1cc(CN2CCOCC2)ccc1F. The van der Waals surface area contributed by atoms with Gasteiger partial charge in [-0.25, -0.2) is 4.39 Å². The molecule has 11 nitrogen and oxygen atoms in total. The molecule has 0 saturated carbocycles. The molecule has 0 aliphatic carbocycles. The van der Waals surface area contributed by atoms with Crippen molar-refractivity contribution < 1.29 is 38.8 Å². The van der Waals surface area contributed by atoms with Gasteiger partial charge >= 0.3 is 0 Å². The summed E-state index contributed by atoms with van der Waals surface area (Å²) >= 11 is 0. The summed E-state index contributed by atoms with van der Waals surface area (Å²) in [4.78, 5) is 41.6. The second-order valence-corrected chi connectivity index (χ2v) is 11.8. The quantitative estimate of drug-likeness (QED) is 0.173. The average Bonchev–Trinajstić information content (AvgIpc) is 3.26. The van der Waals surface area contributed by atoms with Crippen LogP contribution in [0.3, 0.4) is 0 Å². The van der Waals surface area contributed by atoms with Gasteiger partial charge in [0, 0.05) is 41.8 Å². The lowest BCUT2D eigenvalue weighted by molar-refractivity contribution is -0.232. The van der Waals surface area contributed by atoms with Crippen LogP contribution >= 0.6 is 0 Å². The van der Waals surface area contributed by atoms with Crippen molar-refractivity contribution in [2.75, 3.05) is 31.6 Å². The van der Waals surface area contributed by atoms with E-state index in [2.05, 4.69) is 10.2 Å². The van der Waals surface area contributed by atoms with Crippen LogP contribution in [0.4, 0.5) is 10.1 Å². The summed E-state index contributed by atoms with van der Waals surface area (Å²) in [5.41, 5.74) is -6.01. The normalized spacial score (nSPS) is 28.9. The second kappa shape index (κ2) is 9.99. The fraction of sp³-hybridized carbons (Fsp3) is 0.400. The number of nitrogens with one attached hydrogen (secondary N) is 2. The molecule has 3 aliphatic heterocycles. The zero-order chi connectivity index (χ0) is 30.0. The molecule has 0 bridgehead atoms. The van der Waals surface area contributed by atoms with E-state index in [4.69, 9.17) is 4.74 Å². The number of piperidine rings is 1. The smallest absolute Gasteiger partial charge is 0.282 e. The number of imide groups is 1. The maximum atomic E-state index is 15.2. The van der Waals surface area contributed by atoms with Crippen LogP contribution in [0, 0.1) is 5.82 Å². The summed E-state index contributed by atoms with van der Waals surface area (Å²) in [5, 5.41) is 37.6. The van der Waals surface area contributed by atoms with E-state index in [9.17, 15) is 29.7 Å². The molecule has 3 heterocycles. The van der Waals surface area contributed by atoms with Gasteiger partial charge in [-0.15, -0.1) is 0 Å². The molecular weight excluding hydrogens is 531 g/mol. The van der Waals surface area contributed by atoms with Crippen molar-refractivity contribution >= 4 is 54.8 Å². The summed E-state index contributed by atoms with van der Waals surface area (Å²) in [7, 11) is 5.47. The lowest BCUT2D eigenvalue weighted by Crippen LogP contribution is -2.86. The summed E-state index contributed by atoms with van der Waals surface area (Å²) in [6.45, 7) is 3.18. The number of halogens is 1. The van der Waals surface area contributed by atoms with E-state index in [1.807, 2.05) is 11.4 Å². The number of carbonyl (C=O) groups is 3. The minimum absolute atomic E-state index is 0.140. The first-order valence-corrected chi connectivity index (χ1v) is 13.5. The van der Waals surface area contributed by atoms with Crippen LogP contribution in [-0.2, 0) is 32.8 Å². The Morgan fingerprint density at radius 1 is 1.05 bits per heavy atom. The van der Waals surface area contributed by atoms with Crippen molar-refractivity contribution in [3.63, 3.8) is 0 Å². The molecule has 3 atom stereocenters. The molecule has 16 heteroatoms. The van der Waals surface area contributed by atoms with E-state index >= 15 is 4.39 Å². The number of fused-ring (bicyclic) bond motifs is 1.